The summed E-state index contributed by atoms with van der Waals surface area (Å²) in [6, 6.07) is -1.17. The summed E-state index contributed by atoms with van der Waals surface area (Å²) in [5, 5.41) is 2.80. The highest BCUT2D eigenvalue weighted by Gasteiger charge is 2.34. The van der Waals surface area contributed by atoms with E-state index in [-0.39, 0.29) is 18.4 Å². The molecule has 7 heteroatoms. The van der Waals surface area contributed by atoms with Crippen molar-refractivity contribution in [2.75, 3.05) is 40.0 Å². The number of hydrogen-bond acceptors (Lipinski definition) is 5. The summed E-state index contributed by atoms with van der Waals surface area (Å²) in [5.41, 5.74) is 5.93. The van der Waals surface area contributed by atoms with Crippen LogP contribution in [0.1, 0.15) is 26.2 Å². The van der Waals surface area contributed by atoms with Gasteiger partial charge in [0.2, 0.25) is 11.8 Å². The molecule has 1 fully saturated rings. The van der Waals surface area contributed by atoms with Gasteiger partial charge in [-0.15, -0.1) is 0 Å². The maximum atomic E-state index is 12.4. The Hall–Kier alpha value is -1.18. The van der Waals surface area contributed by atoms with E-state index in [2.05, 4.69) is 5.32 Å². The summed E-state index contributed by atoms with van der Waals surface area (Å²) in [5.74, 6) is -0.361. The van der Waals surface area contributed by atoms with Crippen LogP contribution in [0.2, 0.25) is 0 Å². The maximum Gasteiger partial charge on any atom is 0.245 e. The minimum atomic E-state index is -0.597. The molecule has 7 nitrogen and oxygen atoms in total. The van der Waals surface area contributed by atoms with Crippen molar-refractivity contribution in [3.63, 3.8) is 0 Å². The second-order valence-electron chi connectivity index (χ2n) is 5.15. The number of carbonyl (C=O) groups excluding carboxylic acids is 2. The van der Waals surface area contributed by atoms with E-state index in [1.807, 2.05) is 6.92 Å². The molecular weight excluding hydrogens is 274 g/mol. The lowest BCUT2D eigenvalue weighted by molar-refractivity contribution is -0.149. The zero-order valence-corrected chi connectivity index (χ0v) is 13.0. The van der Waals surface area contributed by atoms with Crippen molar-refractivity contribution in [1.29, 1.82) is 0 Å². The molecule has 0 bridgehead atoms. The molecular formula is C14H27N3O4. The van der Waals surface area contributed by atoms with Crippen LogP contribution < -0.4 is 11.1 Å². The Morgan fingerprint density at radius 3 is 2.95 bits per heavy atom. The Morgan fingerprint density at radius 1 is 1.52 bits per heavy atom. The minimum Gasteiger partial charge on any atom is -0.385 e. The van der Waals surface area contributed by atoms with Gasteiger partial charge >= 0.3 is 0 Å². The molecule has 1 heterocycles. The van der Waals surface area contributed by atoms with Crippen LogP contribution in [0.15, 0.2) is 0 Å². The fourth-order valence-corrected chi connectivity index (χ4v) is 2.23. The lowest BCUT2D eigenvalue weighted by Gasteiger charge is -2.36. The molecule has 0 radical (unpaired) electrons. The molecule has 0 aromatic carbocycles. The monoisotopic (exact) mass is 301 g/mol. The standard InChI is InChI=1S/C14H27N3O4/c1-3-6-16-13(18)12-10-21-9-7-17(12)14(19)11(15)5-4-8-20-2/h11-12H,3-10,15H2,1-2H3,(H,16,18). The summed E-state index contributed by atoms with van der Waals surface area (Å²) in [6.07, 6.45) is 2.12. The van der Waals surface area contributed by atoms with Crippen LogP contribution in [0, 0.1) is 0 Å². The summed E-state index contributed by atoms with van der Waals surface area (Å²) >= 11 is 0. The molecule has 0 aromatic heterocycles. The molecule has 2 atom stereocenters. The van der Waals surface area contributed by atoms with E-state index in [1.54, 1.807) is 12.0 Å². The number of carbonyl (C=O) groups is 2. The Morgan fingerprint density at radius 2 is 2.29 bits per heavy atom. The first kappa shape index (κ1) is 17.9. The van der Waals surface area contributed by atoms with Gasteiger partial charge in [0, 0.05) is 26.8 Å². The van der Waals surface area contributed by atoms with Crippen molar-refractivity contribution in [2.24, 2.45) is 5.73 Å². The normalized spacial score (nSPS) is 20.1. The zero-order valence-electron chi connectivity index (χ0n) is 13.0. The SMILES string of the molecule is CCCNC(=O)C1COCCN1C(=O)C(N)CCCOC. The van der Waals surface area contributed by atoms with Gasteiger partial charge in [0.15, 0.2) is 0 Å². The van der Waals surface area contributed by atoms with Crippen molar-refractivity contribution in [2.45, 2.75) is 38.3 Å². The lowest BCUT2D eigenvalue weighted by atomic mass is 10.1. The average Bonchev–Trinajstić information content (AvgIpc) is 2.52. The van der Waals surface area contributed by atoms with Gasteiger partial charge in [0.05, 0.1) is 19.3 Å². The van der Waals surface area contributed by atoms with Crippen molar-refractivity contribution >= 4 is 11.8 Å². The van der Waals surface area contributed by atoms with Crippen LogP contribution in [0.4, 0.5) is 0 Å². The van der Waals surface area contributed by atoms with Gasteiger partial charge in [-0.3, -0.25) is 9.59 Å². The predicted octanol–water partition coefficient (Wildman–Crippen LogP) is -0.506. The van der Waals surface area contributed by atoms with Gasteiger partial charge in [-0.05, 0) is 19.3 Å². The van der Waals surface area contributed by atoms with Crippen LogP contribution in [0.3, 0.4) is 0 Å². The molecule has 0 spiro atoms. The second kappa shape index (κ2) is 9.70. The van der Waals surface area contributed by atoms with Crippen molar-refractivity contribution < 1.29 is 19.1 Å². The first-order valence-corrected chi connectivity index (χ1v) is 7.52. The molecule has 2 amide bonds. The molecule has 0 saturated carbocycles. The highest BCUT2D eigenvalue weighted by molar-refractivity contribution is 5.90. The molecule has 1 rings (SSSR count). The van der Waals surface area contributed by atoms with Crippen molar-refractivity contribution in [1.82, 2.24) is 10.2 Å². The fourth-order valence-electron chi connectivity index (χ4n) is 2.23. The van der Waals surface area contributed by atoms with Crippen LogP contribution in [0.25, 0.3) is 0 Å². The number of nitrogens with zero attached hydrogens (tertiary/aromatic N) is 1. The summed E-state index contributed by atoms with van der Waals surface area (Å²) < 4.78 is 10.3. The van der Waals surface area contributed by atoms with Crippen LogP contribution in [-0.4, -0.2) is 68.8 Å². The first-order valence-electron chi connectivity index (χ1n) is 7.52. The molecule has 0 aliphatic carbocycles. The molecule has 1 aliphatic heterocycles. The summed E-state index contributed by atoms with van der Waals surface area (Å²) in [4.78, 5) is 26.1. The van der Waals surface area contributed by atoms with E-state index in [1.165, 1.54) is 0 Å². The smallest absolute Gasteiger partial charge is 0.245 e. The van der Waals surface area contributed by atoms with Gasteiger partial charge in [-0.25, -0.2) is 0 Å². The minimum absolute atomic E-state index is 0.172. The van der Waals surface area contributed by atoms with E-state index < -0.39 is 12.1 Å². The molecule has 122 valence electrons. The number of hydrogen-bond donors (Lipinski definition) is 2. The van der Waals surface area contributed by atoms with E-state index in [0.717, 1.165) is 12.8 Å². The van der Waals surface area contributed by atoms with E-state index in [9.17, 15) is 9.59 Å². The molecule has 3 N–H and O–H groups in total. The Labute approximate surface area is 126 Å². The zero-order chi connectivity index (χ0) is 15.7. The number of ether oxygens (including phenoxy) is 2. The predicted molar refractivity (Wildman–Crippen MR) is 78.7 cm³/mol. The third kappa shape index (κ3) is 5.61. The highest BCUT2D eigenvalue weighted by atomic mass is 16.5. The van der Waals surface area contributed by atoms with E-state index in [0.29, 0.717) is 32.7 Å². The van der Waals surface area contributed by atoms with Crippen LogP contribution >= 0.6 is 0 Å². The Balaban J connectivity index is 2.58. The van der Waals surface area contributed by atoms with Gasteiger partial charge in [-0.2, -0.15) is 0 Å². The Bertz CT molecular complexity index is 338. The second-order valence-corrected chi connectivity index (χ2v) is 5.15. The van der Waals surface area contributed by atoms with Crippen LogP contribution in [0.5, 0.6) is 0 Å². The highest BCUT2D eigenvalue weighted by Crippen LogP contribution is 2.11. The largest absolute Gasteiger partial charge is 0.385 e. The quantitative estimate of drug-likeness (QED) is 0.589. The molecule has 21 heavy (non-hydrogen) atoms. The summed E-state index contributed by atoms with van der Waals surface area (Å²) in [7, 11) is 1.61. The number of morpholine rings is 1. The third-order valence-corrected chi connectivity index (χ3v) is 3.44. The van der Waals surface area contributed by atoms with E-state index in [4.69, 9.17) is 15.2 Å². The number of nitrogens with one attached hydrogen (secondary N) is 1. The number of amides is 2. The van der Waals surface area contributed by atoms with Crippen LogP contribution in [-0.2, 0) is 19.1 Å². The van der Waals surface area contributed by atoms with E-state index >= 15 is 0 Å². The summed E-state index contributed by atoms with van der Waals surface area (Å²) in [6.45, 7) is 4.22. The number of methoxy groups -OCH3 is 1. The lowest BCUT2D eigenvalue weighted by Crippen LogP contribution is -2.59. The first-order chi connectivity index (χ1) is 10.1. The molecule has 1 saturated heterocycles. The van der Waals surface area contributed by atoms with Gasteiger partial charge in [0.25, 0.3) is 0 Å². The van der Waals surface area contributed by atoms with Gasteiger partial charge < -0.3 is 25.4 Å². The van der Waals surface area contributed by atoms with Crippen molar-refractivity contribution in [3.05, 3.63) is 0 Å². The molecule has 0 aromatic rings. The number of rotatable bonds is 8. The maximum absolute atomic E-state index is 12.4. The van der Waals surface area contributed by atoms with Gasteiger partial charge in [0.1, 0.15) is 6.04 Å². The van der Waals surface area contributed by atoms with Crippen molar-refractivity contribution in [3.8, 4) is 0 Å². The topological polar surface area (TPSA) is 93.9 Å². The van der Waals surface area contributed by atoms with Gasteiger partial charge in [-0.1, -0.05) is 6.92 Å². The number of nitrogens with two attached hydrogens (primary N) is 1. The third-order valence-electron chi connectivity index (χ3n) is 3.44. The average molecular weight is 301 g/mol. The molecule has 2 unspecified atom stereocenters. The Kier molecular flexibility index (Phi) is 8.26. The molecule has 1 aliphatic rings. The fraction of sp³-hybridized carbons (Fsp3) is 0.857.